The lowest BCUT2D eigenvalue weighted by atomic mass is 10.1. The van der Waals surface area contributed by atoms with Crippen molar-refractivity contribution in [1.82, 2.24) is 14.2 Å². The Morgan fingerprint density at radius 1 is 1.28 bits per heavy atom. The Kier molecular flexibility index (Phi) is 5.58. The Bertz CT molecular complexity index is 691. The number of hydrogen-bond donors (Lipinski definition) is 1. The lowest BCUT2D eigenvalue weighted by Crippen LogP contribution is -2.61. The quantitative estimate of drug-likeness (QED) is 0.879. The smallest absolute Gasteiger partial charge is 0.410 e. The van der Waals surface area contributed by atoms with E-state index in [9.17, 15) is 13.2 Å². The molecule has 8 nitrogen and oxygen atoms in total. The van der Waals surface area contributed by atoms with Crippen LogP contribution < -0.4 is 4.72 Å². The highest BCUT2D eigenvalue weighted by Gasteiger charge is 2.39. The Morgan fingerprint density at radius 2 is 1.88 bits per heavy atom. The van der Waals surface area contributed by atoms with E-state index in [0.29, 0.717) is 5.69 Å². The van der Waals surface area contributed by atoms with Crippen LogP contribution >= 0.6 is 0 Å². The summed E-state index contributed by atoms with van der Waals surface area (Å²) in [4.78, 5) is 17.9. The van der Waals surface area contributed by atoms with Crippen LogP contribution in [0.15, 0.2) is 24.5 Å². The molecular weight excluding hydrogens is 344 g/mol. The van der Waals surface area contributed by atoms with Crippen LogP contribution in [0.1, 0.15) is 34.6 Å². The van der Waals surface area contributed by atoms with Crippen molar-refractivity contribution >= 4 is 22.0 Å². The van der Waals surface area contributed by atoms with E-state index in [1.54, 1.807) is 44.0 Å². The van der Waals surface area contributed by atoms with E-state index in [2.05, 4.69) is 9.71 Å². The first-order valence-electron chi connectivity index (χ1n) is 8.19. The van der Waals surface area contributed by atoms with Gasteiger partial charge in [-0.2, -0.15) is 12.7 Å². The number of carbonyl (C=O) groups excluding carboxylic acids is 1. The van der Waals surface area contributed by atoms with Crippen molar-refractivity contribution < 1.29 is 17.9 Å². The summed E-state index contributed by atoms with van der Waals surface area (Å²) < 4.78 is 34.5. The molecule has 0 saturated carbocycles. The predicted molar refractivity (Wildman–Crippen MR) is 95.3 cm³/mol. The predicted octanol–water partition coefficient (Wildman–Crippen LogP) is 2.07. The molecule has 1 aliphatic rings. The fourth-order valence-electron chi connectivity index (χ4n) is 2.78. The second kappa shape index (κ2) is 7.17. The maximum Gasteiger partial charge on any atom is 0.410 e. The van der Waals surface area contributed by atoms with Gasteiger partial charge in [0.1, 0.15) is 5.60 Å². The fraction of sp³-hybridized carbons (Fsp3) is 0.625. The number of rotatable bonds is 3. The first-order chi connectivity index (χ1) is 11.5. The van der Waals surface area contributed by atoms with Gasteiger partial charge in [-0.1, -0.05) is 0 Å². The lowest BCUT2D eigenvalue weighted by Gasteiger charge is -2.43. The number of ether oxygens (including phenoxy) is 1. The molecule has 1 aliphatic heterocycles. The van der Waals surface area contributed by atoms with Gasteiger partial charge in [0.05, 0.1) is 11.9 Å². The molecule has 1 saturated heterocycles. The molecule has 9 heteroatoms. The highest BCUT2D eigenvalue weighted by atomic mass is 32.2. The number of carbonyl (C=O) groups is 1. The van der Waals surface area contributed by atoms with Gasteiger partial charge in [-0.05, 0) is 46.8 Å². The van der Waals surface area contributed by atoms with E-state index in [-0.39, 0.29) is 25.2 Å². The second-order valence-corrected chi connectivity index (χ2v) is 8.92. The maximum atomic E-state index is 12.6. The van der Waals surface area contributed by atoms with Gasteiger partial charge < -0.3 is 9.64 Å². The van der Waals surface area contributed by atoms with Crippen LogP contribution in [0.4, 0.5) is 10.5 Å². The highest BCUT2D eigenvalue weighted by Crippen LogP contribution is 2.22. The average molecular weight is 370 g/mol. The number of hydrogen-bond acceptors (Lipinski definition) is 5. The number of nitrogens with one attached hydrogen (secondary N) is 1. The number of piperazine rings is 1. The molecule has 0 bridgehead atoms. The summed E-state index contributed by atoms with van der Waals surface area (Å²) >= 11 is 0. The summed E-state index contributed by atoms with van der Waals surface area (Å²) in [7, 11) is -3.72. The second-order valence-electron chi connectivity index (χ2n) is 7.25. The molecule has 0 aromatic carbocycles. The Labute approximate surface area is 149 Å². The third-order valence-corrected chi connectivity index (χ3v) is 5.21. The van der Waals surface area contributed by atoms with E-state index in [1.165, 1.54) is 10.5 Å². The summed E-state index contributed by atoms with van der Waals surface area (Å²) in [6, 6.07) is 2.69. The summed E-state index contributed by atoms with van der Waals surface area (Å²) in [6.07, 6.45) is 2.59. The number of nitrogens with zero attached hydrogens (tertiary/aromatic N) is 3. The zero-order valence-electron chi connectivity index (χ0n) is 15.3. The van der Waals surface area contributed by atoms with E-state index in [0.717, 1.165) is 0 Å². The molecule has 1 amide bonds. The van der Waals surface area contributed by atoms with Gasteiger partial charge in [0.25, 0.3) is 0 Å². The van der Waals surface area contributed by atoms with Crippen molar-refractivity contribution in [3.63, 3.8) is 0 Å². The monoisotopic (exact) mass is 370 g/mol. The fourth-order valence-corrected chi connectivity index (χ4v) is 4.15. The van der Waals surface area contributed by atoms with Crippen LogP contribution in [0.2, 0.25) is 0 Å². The van der Waals surface area contributed by atoms with E-state index < -0.39 is 21.9 Å². The van der Waals surface area contributed by atoms with Crippen LogP contribution in [0.3, 0.4) is 0 Å². The minimum Gasteiger partial charge on any atom is -0.444 e. The molecule has 2 rings (SSSR count). The molecule has 140 valence electrons. The molecule has 0 spiro atoms. The SMILES string of the molecule is C[C@@H]1CN(S(=O)(=O)Nc2cccnc2)C[C@H](C)N1C(=O)OC(C)(C)C. The molecule has 1 aromatic rings. The number of amides is 1. The molecule has 0 unspecified atom stereocenters. The van der Waals surface area contributed by atoms with E-state index in [4.69, 9.17) is 4.74 Å². The summed E-state index contributed by atoms with van der Waals surface area (Å²) in [5.41, 5.74) is -0.195. The molecule has 2 atom stereocenters. The first kappa shape index (κ1) is 19.5. The van der Waals surface area contributed by atoms with Crippen LogP contribution in [0, 0.1) is 0 Å². The number of aromatic nitrogens is 1. The molecule has 2 heterocycles. The highest BCUT2D eigenvalue weighted by molar-refractivity contribution is 7.90. The number of pyridine rings is 1. The molecular formula is C16H26N4O4S. The summed E-state index contributed by atoms with van der Waals surface area (Å²) in [5, 5.41) is 0. The van der Waals surface area contributed by atoms with Gasteiger partial charge in [-0.25, -0.2) is 4.79 Å². The van der Waals surface area contributed by atoms with E-state index in [1.807, 2.05) is 13.8 Å². The maximum absolute atomic E-state index is 12.6. The van der Waals surface area contributed by atoms with Gasteiger partial charge in [0.2, 0.25) is 0 Å². The van der Waals surface area contributed by atoms with Gasteiger partial charge >= 0.3 is 16.3 Å². The van der Waals surface area contributed by atoms with Crippen molar-refractivity contribution in [2.45, 2.75) is 52.3 Å². The minimum absolute atomic E-state index is 0.194. The van der Waals surface area contributed by atoms with Crippen molar-refractivity contribution in [2.75, 3.05) is 17.8 Å². The molecule has 0 aliphatic carbocycles. The molecule has 1 N–H and O–H groups in total. The summed E-state index contributed by atoms with van der Waals surface area (Å²) in [5.74, 6) is 0. The molecule has 1 aromatic heterocycles. The number of anilines is 1. The molecule has 25 heavy (non-hydrogen) atoms. The average Bonchev–Trinajstić information content (AvgIpc) is 2.45. The third kappa shape index (κ3) is 5.05. The van der Waals surface area contributed by atoms with Gasteiger partial charge in [-0.15, -0.1) is 0 Å². The zero-order valence-corrected chi connectivity index (χ0v) is 16.1. The van der Waals surface area contributed by atoms with Crippen LogP contribution in [0.25, 0.3) is 0 Å². The normalized spacial score (nSPS) is 22.5. The van der Waals surface area contributed by atoms with Crippen LogP contribution in [-0.2, 0) is 14.9 Å². The van der Waals surface area contributed by atoms with Gasteiger partial charge in [0, 0.05) is 31.4 Å². The largest absolute Gasteiger partial charge is 0.444 e. The Hall–Kier alpha value is -1.87. The lowest BCUT2D eigenvalue weighted by molar-refractivity contribution is -0.00492. The van der Waals surface area contributed by atoms with Gasteiger partial charge in [0.15, 0.2) is 0 Å². The van der Waals surface area contributed by atoms with Crippen LogP contribution in [0.5, 0.6) is 0 Å². The third-order valence-electron chi connectivity index (χ3n) is 3.74. The Balaban J connectivity index is 2.09. The molecule has 0 radical (unpaired) electrons. The van der Waals surface area contributed by atoms with E-state index >= 15 is 0 Å². The van der Waals surface area contributed by atoms with Crippen molar-refractivity contribution in [1.29, 1.82) is 0 Å². The Morgan fingerprint density at radius 3 is 2.36 bits per heavy atom. The topological polar surface area (TPSA) is 91.8 Å². The van der Waals surface area contributed by atoms with Crippen molar-refractivity contribution in [2.24, 2.45) is 0 Å². The van der Waals surface area contributed by atoms with Crippen molar-refractivity contribution in [3.05, 3.63) is 24.5 Å². The van der Waals surface area contributed by atoms with Crippen molar-refractivity contribution in [3.8, 4) is 0 Å². The first-order valence-corrected chi connectivity index (χ1v) is 9.63. The zero-order chi connectivity index (χ0) is 18.8. The van der Waals surface area contributed by atoms with Crippen LogP contribution in [-0.4, -0.2) is 59.5 Å². The minimum atomic E-state index is -3.72. The molecule has 1 fully saturated rings. The van der Waals surface area contributed by atoms with Gasteiger partial charge in [-0.3, -0.25) is 9.71 Å². The standard InChI is InChI=1S/C16H26N4O4S/c1-12-10-19(25(22,23)18-14-7-6-8-17-9-14)11-13(2)20(12)15(21)24-16(3,4)5/h6-9,12-13,18H,10-11H2,1-5H3/t12-,13+. The summed E-state index contributed by atoms with van der Waals surface area (Å²) in [6.45, 7) is 9.42.